The Morgan fingerprint density at radius 2 is 1.75 bits per heavy atom. The Labute approximate surface area is 121 Å². The van der Waals surface area contributed by atoms with Crippen LogP contribution in [0.3, 0.4) is 0 Å². The SMILES string of the molecule is Oc1ccc(C2CCCC(N3CCCCC3)C2)c(O)c1. The van der Waals surface area contributed by atoms with Crippen molar-refractivity contribution in [2.24, 2.45) is 0 Å². The number of hydrogen-bond donors (Lipinski definition) is 2. The molecule has 2 unspecified atom stereocenters. The normalized spacial score (nSPS) is 28.4. The van der Waals surface area contributed by atoms with Crippen LogP contribution in [0.25, 0.3) is 0 Å². The highest BCUT2D eigenvalue weighted by Gasteiger charge is 2.29. The van der Waals surface area contributed by atoms with Crippen LogP contribution in [-0.4, -0.2) is 34.2 Å². The maximum Gasteiger partial charge on any atom is 0.122 e. The fourth-order valence-electron chi connectivity index (χ4n) is 3.94. The molecule has 1 saturated heterocycles. The van der Waals surface area contributed by atoms with Crippen molar-refractivity contribution in [1.29, 1.82) is 0 Å². The first kappa shape index (κ1) is 13.7. The molecule has 1 saturated carbocycles. The Hall–Kier alpha value is -1.22. The van der Waals surface area contributed by atoms with Crippen molar-refractivity contribution in [2.75, 3.05) is 13.1 Å². The van der Waals surface area contributed by atoms with E-state index in [0.717, 1.165) is 18.4 Å². The maximum atomic E-state index is 10.1. The number of phenols is 2. The highest BCUT2D eigenvalue weighted by Crippen LogP contribution is 2.40. The summed E-state index contributed by atoms with van der Waals surface area (Å²) in [5.41, 5.74) is 1.02. The third-order valence-corrected chi connectivity index (χ3v) is 5.01. The van der Waals surface area contributed by atoms with Gasteiger partial charge in [-0.2, -0.15) is 0 Å². The van der Waals surface area contributed by atoms with E-state index in [2.05, 4.69) is 4.90 Å². The minimum absolute atomic E-state index is 0.148. The smallest absolute Gasteiger partial charge is 0.122 e. The first-order valence-electron chi connectivity index (χ1n) is 8.00. The van der Waals surface area contributed by atoms with E-state index in [0.29, 0.717) is 12.0 Å². The van der Waals surface area contributed by atoms with Gasteiger partial charge in [0.15, 0.2) is 0 Å². The average Bonchev–Trinajstić information content (AvgIpc) is 2.48. The van der Waals surface area contributed by atoms with Crippen molar-refractivity contribution in [1.82, 2.24) is 4.90 Å². The second-order valence-corrected chi connectivity index (χ2v) is 6.36. The third kappa shape index (κ3) is 2.93. The van der Waals surface area contributed by atoms with Crippen LogP contribution < -0.4 is 0 Å². The first-order chi connectivity index (χ1) is 9.74. The summed E-state index contributed by atoms with van der Waals surface area (Å²) < 4.78 is 0. The summed E-state index contributed by atoms with van der Waals surface area (Å²) in [6.45, 7) is 2.50. The Balaban J connectivity index is 1.71. The molecule has 3 nitrogen and oxygen atoms in total. The van der Waals surface area contributed by atoms with Crippen molar-refractivity contribution in [3.05, 3.63) is 23.8 Å². The molecular weight excluding hydrogens is 250 g/mol. The lowest BCUT2D eigenvalue weighted by Crippen LogP contribution is -2.41. The topological polar surface area (TPSA) is 43.7 Å². The number of rotatable bonds is 2. The van der Waals surface area contributed by atoms with Gasteiger partial charge >= 0.3 is 0 Å². The van der Waals surface area contributed by atoms with Gasteiger partial charge in [-0.1, -0.05) is 18.9 Å². The number of piperidine rings is 1. The molecule has 3 rings (SSSR count). The second kappa shape index (κ2) is 6.04. The molecule has 1 aliphatic carbocycles. The van der Waals surface area contributed by atoms with Gasteiger partial charge < -0.3 is 15.1 Å². The van der Waals surface area contributed by atoms with E-state index in [4.69, 9.17) is 0 Å². The minimum atomic E-state index is 0.148. The number of aromatic hydroxyl groups is 2. The largest absolute Gasteiger partial charge is 0.508 e. The molecule has 1 aromatic rings. The van der Waals surface area contributed by atoms with Crippen LogP contribution in [-0.2, 0) is 0 Å². The van der Waals surface area contributed by atoms with Crippen molar-refractivity contribution >= 4 is 0 Å². The summed E-state index contributed by atoms with van der Waals surface area (Å²) in [5.74, 6) is 0.847. The van der Waals surface area contributed by atoms with Gasteiger partial charge in [-0.25, -0.2) is 0 Å². The van der Waals surface area contributed by atoms with Crippen LogP contribution in [0.5, 0.6) is 11.5 Å². The lowest BCUT2D eigenvalue weighted by Gasteiger charge is -2.39. The van der Waals surface area contributed by atoms with Gasteiger partial charge in [0.05, 0.1) is 0 Å². The number of likely N-dealkylation sites (tertiary alicyclic amines) is 1. The molecule has 0 bridgehead atoms. The highest BCUT2D eigenvalue weighted by atomic mass is 16.3. The van der Waals surface area contributed by atoms with Crippen LogP contribution in [0.2, 0.25) is 0 Å². The summed E-state index contributed by atoms with van der Waals surface area (Å²) in [5, 5.41) is 19.5. The summed E-state index contributed by atoms with van der Waals surface area (Å²) in [6.07, 6.45) is 8.91. The fourth-order valence-corrected chi connectivity index (χ4v) is 3.94. The molecule has 0 amide bonds. The zero-order valence-corrected chi connectivity index (χ0v) is 12.1. The maximum absolute atomic E-state index is 10.1. The molecule has 3 heteroatoms. The molecule has 1 heterocycles. The molecule has 0 radical (unpaired) electrons. The Morgan fingerprint density at radius 3 is 2.50 bits per heavy atom. The van der Waals surface area contributed by atoms with Gasteiger partial charge in [0.25, 0.3) is 0 Å². The van der Waals surface area contributed by atoms with Crippen molar-refractivity contribution in [3.63, 3.8) is 0 Å². The molecule has 110 valence electrons. The molecule has 2 aliphatic rings. The average molecular weight is 275 g/mol. The van der Waals surface area contributed by atoms with Crippen molar-refractivity contribution in [2.45, 2.75) is 56.9 Å². The summed E-state index contributed by atoms with van der Waals surface area (Å²) in [6, 6.07) is 5.75. The van der Waals surface area contributed by atoms with Crippen LogP contribution in [0.15, 0.2) is 18.2 Å². The van der Waals surface area contributed by atoms with Gasteiger partial charge in [-0.15, -0.1) is 0 Å². The van der Waals surface area contributed by atoms with E-state index in [-0.39, 0.29) is 11.5 Å². The zero-order chi connectivity index (χ0) is 13.9. The Kier molecular flexibility index (Phi) is 4.16. The van der Waals surface area contributed by atoms with E-state index in [1.165, 1.54) is 51.3 Å². The van der Waals surface area contributed by atoms with Gasteiger partial charge in [0.1, 0.15) is 11.5 Å². The quantitative estimate of drug-likeness (QED) is 0.866. The van der Waals surface area contributed by atoms with E-state index in [9.17, 15) is 10.2 Å². The molecule has 20 heavy (non-hydrogen) atoms. The molecule has 1 aromatic carbocycles. The molecule has 0 aromatic heterocycles. The number of hydrogen-bond acceptors (Lipinski definition) is 3. The van der Waals surface area contributed by atoms with Crippen LogP contribution >= 0.6 is 0 Å². The predicted molar refractivity (Wildman–Crippen MR) is 80.2 cm³/mol. The predicted octanol–water partition coefficient (Wildman–Crippen LogP) is 3.61. The van der Waals surface area contributed by atoms with E-state index >= 15 is 0 Å². The fraction of sp³-hybridized carbons (Fsp3) is 0.647. The van der Waals surface area contributed by atoms with E-state index in [1.807, 2.05) is 6.07 Å². The molecule has 2 fully saturated rings. The molecule has 0 spiro atoms. The number of phenolic OH excluding ortho intramolecular Hbond substituents is 2. The third-order valence-electron chi connectivity index (χ3n) is 5.01. The first-order valence-corrected chi connectivity index (χ1v) is 8.00. The van der Waals surface area contributed by atoms with Crippen LogP contribution in [0.1, 0.15) is 56.4 Å². The summed E-state index contributed by atoms with van der Waals surface area (Å²) in [4.78, 5) is 2.66. The van der Waals surface area contributed by atoms with E-state index in [1.54, 1.807) is 6.07 Å². The van der Waals surface area contributed by atoms with Gasteiger partial charge in [0.2, 0.25) is 0 Å². The molecular formula is C17H25NO2. The van der Waals surface area contributed by atoms with E-state index < -0.39 is 0 Å². The Morgan fingerprint density at radius 1 is 0.950 bits per heavy atom. The second-order valence-electron chi connectivity index (χ2n) is 6.36. The molecule has 2 atom stereocenters. The Bertz CT molecular complexity index is 454. The summed E-state index contributed by atoms with van der Waals surface area (Å²) in [7, 11) is 0. The number of nitrogens with zero attached hydrogens (tertiary/aromatic N) is 1. The van der Waals surface area contributed by atoms with Crippen molar-refractivity contribution < 1.29 is 10.2 Å². The van der Waals surface area contributed by atoms with Gasteiger partial charge in [0, 0.05) is 12.1 Å². The summed E-state index contributed by atoms with van der Waals surface area (Å²) >= 11 is 0. The van der Waals surface area contributed by atoms with Crippen molar-refractivity contribution in [3.8, 4) is 11.5 Å². The monoisotopic (exact) mass is 275 g/mol. The zero-order valence-electron chi connectivity index (χ0n) is 12.1. The van der Waals surface area contributed by atoms with Crippen LogP contribution in [0.4, 0.5) is 0 Å². The lowest BCUT2D eigenvalue weighted by molar-refractivity contribution is 0.122. The standard InChI is InChI=1S/C17H25NO2/c19-15-7-8-16(17(20)12-15)13-5-4-6-14(11-13)18-9-2-1-3-10-18/h7-8,12-14,19-20H,1-6,9-11H2. The number of benzene rings is 1. The minimum Gasteiger partial charge on any atom is -0.508 e. The molecule has 2 N–H and O–H groups in total. The lowest BCUT2D eigenvalue weighted by atomic mass is 9.80. The van der Waals surface area contributed by atoms with Gasteiger partial charge in [-0.05, 0) is 62.7 Å². The van der Waals surface area contributed by atoms with Crippen LogP contribution in [0, 0.1) is 0 Å². The highest BCUT2D eigenvalue weighted by molar-refractivity contribution is 5.41. The van der Waals surface area contributed by atoms with Gasteiger partial charge in [-0.3, -0.25) is 0 Å². The molecule has 1 aliphatic heterocycles.